The fraction of sp³-hybridized carbons (Fsp3) is 0.257. The van der Waals surface area contributed by atoms with Crippen molar-refractivity contribution >= 4 is 41.2 Å². The Hall–Kier alpha value is -4.38. The minimum Gasteiger partial charge on any atom is -0.485 e. The van der Waals surface area contributed by atoms with Gasteiger partial charge in [0.25, 0.3) is 0 Å². The molecule has 0 aliphatic carbocycles. The predicted octanol–water partition coefficient (Wildman–Crippen LogP) is 7.72. The number of esters is 1. The number of rotatable bonds is 10. The van der Waals surface area contributed by atoms with Gasteiger partial charge in [0.2, 0.25) is 0 Å². The third kappa shape index (κ3) is 6.97. The van der Waals surface area contributed by atoms with Gasteiger partial charge in [-0.25, -0.2) is 4.79 Å². The van der Waals surface area contributed by atoms with Gasteiger partial charge >= 0.3 is 5.97 Å². The lowest BCUT2D eigenvalue weighted by atomic mass is 9.97. The highest BCUT2D eigenvalue weighted by Crippen LogP contribution is 2.35. The Kier molecular flexibility index (Phi) is 9.74. The third-order valence-electron chi connectivity index (χ3n) is 6.96. The Labute approximate surface area is 237 Å². The van der Waals surface area contributed by atoms with Crippen LogP contribution in [-0.2, 0) is 9.53 Å². The van der Waals surface area contributed by atoms with Gasteiger partial charge in [0.05, 0.1) is 12.7 Å². The zero-order valence-electron chi connectivity index (χ0n) is 23.8. The molecule has 0 unspecified atom stereocenters. The second kappa shape index (κ2) is 13.6. The number of carbonyl (C=O) groups is 2. The van der Waals surface area contributed by atoms with E-state index in [9.17, 15) is 9.59 Å². The molecule has 0 saturated carbocycles. The molecule has 0 spiro atoms. The van der Waals surface area contributed by atoms with Crippen LogP contribution in [0.15, 0.2) is 78.4 Å². The van der Waals surface area contributed by atoms with E-state index in [1.165, 1.54) is 7.11 Å². The van der Waals surface area contributed by atoms with E-state index in [0.717, 1.165) is 65.2 Å². The van der Waals surface area contributed by atoms with Crippen molar-refractivity contribution in [3.63, 3.8) is 0 Å². The topological polar surface area (TPSA) is 55.8 Å². The average molecular weight is 536 g/mol. The highest BCUT2D eigenvalue weighted by Gasteiger charge is 2.21. The molecular weight excluding hydrogens is 498 g/mol. The van der Waals surface area contributed by atoms with Crippen LogP contribution in [0.2, 0.25) is 0 Å². The standard InChI is InChI=1S/C35H37NO4/c1-5-21-36(22-6-2)30-18-20-32-25(3)31(33(37)24-40-34(32)23-30)19-15-27-10-7-26(8-11-27)9-12-28-13-16-29(17-14-28)35(38)39-4/h7-20,23H,5-6,21-22,24H2,1-4H3/b12-9+,19-15+. The first-order chi connectivity index (χ1) is 19.4. The number of anilines is 1. The normalized spacial score (nSPS) is 13.3. The highest BCUT2D eigenvalue weighted by molar-refractivity contribution is 6.08. The second-order valence-electron chi connectivity index (χ2n) is 9.86. The monoisotopic (exact) mass is 535 g/mol. The number of nitrogens with zero attached hydrogens (tertiary/aromatic N) is 1. The van der Waals surface area contributed by atoms with Gasteiger partial charge in [0.1, 0.15) is 5.75 Å². The number of ketones is 1. The lowest BCUT2D eigenvalue weighted by Gasteiger charge is -2.25. The number of fused-ring (bicyclic) bond motifs is 1. The fourth-order valence-corrected chi connectivity index (χ4v) is 4.78. The quantitative estimate of drug-likeness (QED) is 0.197. The van der Waals surface area contributed by atoms with Gasteiger partial charge in [-0.2, -0.15) is 0 Å². The van der Waals surface area contributed by atoms with Gasteiger partial charge in [-0.05, 0) is 66.3 Å². The first-order valence-corrected chi connectivity index (χ1v) is 13.8. The minimum atomic E-state index is -0.345. The lowest BCUT2D eigenvalue weighted by Crippen LogP contribution is -2.24. The number of benzene rings is 3. The van der Waals surface area contributed by atoms with Crippen molar-refractivity contribution in [1.82, 2.24) is 0 Å². The summed E-state index contributed by atoms with van der Waals surface area (Å²) in [7, 11) is 1.37. The molecule has 0 N–H and O–H groups in total. The summed E-state index contributed by atoms with van der Waals surface area (Å²) in [5.74, 6) is 0.394. The first kappa shape index (κ1) is 28.6. The Morgan fingerprint density at radius 2 is 1.40 bits per heavy atom. The van der Waals surface area contributed by atoms with E-state index in [0.29, 0.717) is 11.1 Å². The van der Waals surface area contributed by atoms with E-state index in [2.05, 4.69) is 36.9 Å². The first-order valence-electron chi connectivity index (χ1n) is 13.8. The smallest absolute Gasteiger partial charge is 0.337 e. The number of hydrogen-bond acceptors (Lipinski definition) is 5. The highest BCUT2D eigenvalue weighted by atomic mass is 16.5. The molecule has 5 heteroatoms. The lowest BCUT2D eigenvalue weighted by molar-refractivity contribution is -0.117. The van der Waals surface area contributed by atoms with Gasteiger partial charge in [0, 0.05) is 36.0 Å². The van der Waals surface area contributed by atoms with Crippen molar-refractivity contribution in [2.24, 2.45) is 0 Å². The molecule has 3 aromatic carbocycles. The maximum absolute atomic E-state index is 13.0. The molecule has 4 rings (SSSR count). The van der Waals surface area contributed by atoms with Crippen molar-refractivity contribution in [2.45, 2.75) is 33.6 Å². The van der Waals surface area contributed by atoms with Crippen LogP contribution >= 0.6 is 0 Å². The van der Waals surface area contributed by atoms with Crippen LogP contribution in [-0.4, -0.2) is 38.6 Å². The van der Waals surface area contributed by atoms with E-state index in [1.807, 2.05) is 67.6 Å². The molecule has 0 amide bonds. The molecular formula is C35H37NO4. The number of hydrogen-bond donors (Lipinski definition) is 0. The SMILES string of the molecule is CCCN(CCC)c1ccc2c(c1)OCC(=O)C(/C=C/c1ccc(/C=C/c3ccc(C(=O)OC)cc3)cc1)=C2C. The zero-order chi connectivity index (χ0) is 28.5. The number of allylic oxidation sites excluding steroid dienone is 2. The summed E-state index contributed by atoms with van der Waals surface area (Å²) in [5, 5.41) is 0. The summed E-state index contributed by atoms with van der Waals surface area (Å²) >= 11 is 0. The summed E-state index contributed by atoms with van der Waals surface area (Å²) in [6.45, 7) is 8.38. The van der Waals surface area contributed by atoms with E-state index in [4.69, 9.17) is 9.47 Å². The van der Waals surface area contributed by atoms with Gasteiger partial charge < -0.3 is 14.4 Å². The fourth-order valence-electron chi connectivity index (χ4n) is 4.78. The summed E-state index contributed by atoms with van der Waals surface area (Å²) in [4.78, 5) is 27.0. The van der Waals surface area contributed by atoms with E-state index in [-0.39, 0.29) is 18.4 Å². The van der Waals surface area contributed by atoms with E-state index >= 15 is 0 Å². The van der Waals surface area contributed by atoms with Gasteiger partial charge in [-0.1, -0.05) is 74.5 Å². The number of ether oxygens (including phenoxy) is 2. The Bertz CT molecular complexity index is 1420. The molecule has 0 atom stereocenters. The number of Topliss-reactive ketones (excluding diaryl/α,β-unsaturated/α-hetero) is 1. The summed E-state index contributed by atoms with van der Waals surface area (Å²) in [5.41, 5.74) is 7.26. The van der Waals surface area contributed by atoms with Crippen LogP contribution in [0.5, 0.6) is 5.75 Å². The van der Waals surface area contributed by atoms with Crippen LogP contribution in [0, 0.1) is 0 Å². The van der Waals surface area contributed by atoms with Crippen LogP contribution in [0.3, 0.4) is 0 Å². The Morgan fingerprint density at radius 1 is 0.850 bits per heavy atom. The minimum absolute atomic E-state index is 0.0248. The molecule has 206 valence electrons. The van der Waals surface area contributed by atoms with Crippen molar-refractivity contribution in [3.8, 4) is 5.75 Å². The molecule has 0 fully saturated rings. The molecule has 5 nitrogen and oxygen atoms in total. The molecule has 0 bridgehead atoms. The molecule has 0 radical (unpaired) electrons. The zero-order valence-corrected chi connectivity index (χ0v) is 23.8. The van der Waals surface area contributed by atoms with Gasteiger partial charge in [-0.15, -0.1) is 0 Å². The van der Waals surface area contributed by atoms with Crippen LogP contribution in [0.4, 0.5) is 5.69 Å². The van der Waals surface area contributed by atoms with Crippen molar-refractivity contribution in [2.75, 3.05) is 31.7 Å². The molecule has 1 heterocycles. The molecule has 40 heavy (non-hydrogen) atoms. The average Bonchev–Trinajstić information content (AvgIpc) is 3.10. The van der Waals surface area contributed by atoms with Crippen LogP contribution in [0.1, 0.15) is 66.2 Å². The molecule has 3 aromatic rings. The second-order valence-corrected chi connectivity index (χ2v) is 9.86. The summed E-state index contributed by atoms with van der Waals surface area (Å²) < 4.78 is 10.7. The Balaban J connectivity index is 1.49. The number of methoxy groups -OCH3 is 1. The molecule has 1 aliphatic heterocycles. The van der Waals surface area contributed by atoms with Crippen molar-refractivity contribution in [1.29, 1.82) is 0 Å². The van der Waals surface area contributed by atoms with Gasteiger partial charge in [-0.3, -0.25) is 4.79 Å². The van der Waals surface area contributed by atoms with Crippen LogP contribution in [0.25, 0.3) is 23.8 Å². The van der Waals surface area contributed by atoms with Crippen LogP contribution < -0.4 is 9.64 Å². The number of carbonyl (C=O) groups excluding carboxylic acids is 2. The third-order valence-corrected chi connectivity index (χ3v) is 6.96. The summed E-state index contributed by atoms with van der Waals surface area (Å²) in [6.07, 6.45) is 10.0. The largest absolute Gasteiger partial charge is 0.485 e. The molecule has 0 saturated heterocycles. The van der Waals surface area contributed by atoms with E-state index in [1.54, 1.807) is 12.1 Å². The summed E-state index contributed by atoms with van der Waals surface area (Å²) in [6, 6.07) is 21.7. The van der Waals surface area contributed by atoms with Crippen molar-refractivity contribution in [3.05, 3.63) is 106 Å². The maximum Gasteiger partial charge on any atom is 0.337 e. The predicted molar refractivity (Wildman–Crippen MR) is 165 cm³/mol. The van der Waals surface area contributed by atoms with E-state index < -0.39 is 0 Å². The molecule has 1 aliphatic rings. The van der Waals surface area contributed by atoms with Crippen molar-refractivity contribution < 1.29 is 19.1 Å². The van der Waals surface area contributed by atoms with Gasteiger partial charge in [0.15, 0.2) is 12.4 Å². The Morgan fingerprint density at radius 3 is 1.95 bits per heavy atom. The maximum atomic E-state index is 13.0. The molecule has 0 aromatic heterocycles.